The van der Waals surface area contributed by atoms with Crippen LogP contribution in [0.15, 0.2) is 42.5 Å². The number of carbonyl (C=O) groups excluding carboxylic acids is 1. The molecule has 0 aromatic heterocycles. The Labute approximate surface area is 137 Å². The predicted octanol–water partition coefficient (Wildman–Crippen LogP) is 3.20. The van der Waals surface area contributed by atoms with Crippen LogP contribution in [0.25, 0.3) is 12.2 Å². The van der Waals surface area contributed by atoms with Crippen molar-refractivity contribution in [2.24, 2.45) is 0 Å². The van der Waals surface area contributed by atoms with Crippen molar-refractivity contribution >= 4 is 35.1 Å². The number of hydrogen-bond acceptors (Lipinski definition) is 7. The number of nitrogens with zero attached hydrogens (tertiary/aromatic N) is 2. The second-order valence-corrected chi connectivity index (χ2v) is 4.93. The van der Waals surface area contributed by atoms with Crippen molar-refractivity contribution in [3.8, 4) is 0 Å². The minimum Gasteiger partial charge on any atom is -0.769 e. The molecule has 0 heterocycles. The van der Waals surface area contributed by atoms with Crippen LogP contribution >= 0.6 is 0 Å². The number of hydrogen-bond donors (Lipinski definition) is 3. The molecular weight excluding hydrogens is 314 g/mol. The lowest BCUT2D eigenvalue weighted by Gasteiger charge is -2.37. The van der Waals surface area contributed by atoms with Gasteiger partial charge in [0.15, 0.2) is 0 Å². The SMILES string of the molecule is CC(=O)Nc1ccc(C=Cc2ccc(N([O-])[O-])cc2)c(N(O)O)c1. The van der Waals surface area contributed by atoms with Crippen LogP contribution in [0.2, 0.25) is 0 Å². The van der Waals surface area contributed by atoms with Gasteiger partial charge in [-0.3, -0.25) is 15.2 Å². The van der Waals surface area contributed by atoms with Gasteiger partial charge in [-0.25, -0.2) is 0 Å². The molecule has 8 nitrogen and oxygen atoms in total. The zero-order valence-electron chi connectivity index (χ0n) is 12.7. The first-order valence-electron chi connectivity index (χ1n) is 6.89. The number of anilines is 3. The maximum Gasteiger partial charge on any atom is 0.221 e. The van der Waals surface area contributed by atoms with E-state index in [1.54, 1.807) is 36.4 Å². The highest BCUT2D eigenvalue weighted by molar-refractivity contribution is 5.90. The molecule has 0 aliphatic rings. The van der Waals surface area contributed by atoms with Gasteiger partial charge in [0.1, 0.15) is 5.69 Å². The highest BCUT2D eigenvalue weighted by Crippen LogP contribution is 2.25. The Morgan fingerprint density at radius 3 is 2.29 bits per heavy atom. The van der Waals surface area contributed by atoms with Crippen LogP contribution in [-0.2, 0) is 4.79 Å². The molecule has 0 saturated heterocycles. The summed E-state index contributed by atoms with van der Waals surface area (Å²) in [5.74, 6) is -0.280. The van der Waals surface area contributed by atoms with E-state index < -0.39 is 5.23 Å². The van der Waals surface area contributed by atoms with E-state index in [0.717, 1.165) is 0 Å². The minimum absolute atomic E-state index is 0.00982. The molecule has 0 aliphatic heterocycles. The smallest absolute Gasteiger partial charge is 0.221 e. The summed E-state index contributed by atoms with van der Waals surface area (Å²) >= 11 is 0. The van der Waals surface area contributed by atoms with Crippen molar-refractivity contribution in [3.05, 3.63) is 64.0 Å². The van der Waals surface area contributed by atoms with Crippen molar-refractivity contribution in [1.29, 1.82) is 0 Å². The Hall–Kier alpha value is -2.91. The summed E-state index contributed by atoms with van der Waals surface area (Å²) in [5.41, 5.74) is 1.66. The average molecular weight is 329 g/mol. The van der Waals surface area contributed by atoms with Gasteiger partial charge in [-0.2, -0.15) is 0 Å². The standard InChI is InChI=1S/C16H15N3O5/c1-11(20)17-14-7-6-13(16(10-14)19(23)24)5-2-12-3-8-15(9-4-12)18(21)22/h2-10,23-24H,1H3,(H,17,20)/q-2. The largest absolute Gasteiger partial charge is 0.769 e. The number of benzene rings is 2. The van der Waals surface area contributed by atoms with Gasteiger partial charge in [0, 0.05) is 23.9 Å². The van der Waals surface area contributed by atoms with Crippen molar-refractivity contribution in [1.82, 2.24) is 0 Å². The van der Waals surface area contributed by atoms with Crippen LogP contribution in [0.1, 0.15) is 18.1 Å². The first-order chi connectivity index (χ1) is 11.4. The molecule has 0 atom stereocenters. The first kappa shape index (κ1) is 17.4. The summed E-state index contributed by atoms with van der Waals surface area (Å²) in [7, 11) is 0. The second-order valence-electron chi connectivity index (χ2n) is 4.93. The molecule has 0 fully saturated rings. The average Bonchev–Trinajstić information content (AvgIpc) is 2.53. The Kier molecular flexibility index (Phi) is 5.51. The predicted molar refractivity (Wildman–Crippen MR) is 91.4 cm³/mol. The highest BCUT2D eigenvalue weighted by atomic mass is 16.8. The van der Waals surface area contributed by atoms with Gasteiger partial charge in [0.25, 0.3) is 0 Å². The van der Waals surface area contributed by atoms with Gasteiger partial charge < -0.3 is 21.0 Å². The number of nitrogens with one attached hydrogen (secondary N) is 1. The van der Waals surface area contributed by atoms with Crippen LogP contribution in [0.5, 0.6) is 0 Å². The zero-order valence-corrected chi connectivity index (χ0v) is 12.7. The third-order valence-corrected chi connectivity index (χ3v) is 3.13. The van der Waals surface area contributed by atoms with E-state index in [1.165, 1.54) is 25.1 Å². The van der Waals surface area contributed by atoms with Gasteiger partial charge in [0.05, 0.1) is 0 Å². The molecule has 0 unspecified atom stereocenters. The van der Waals surface area contributed by atoms with Gasteiger partial charge in [-0.1, -0.05) is 30.4 Å². The van der Waals surface area contributed by atoms with Gasteiger partial charge in [-0.15, -0.1) is 5.23 Å². The summed E-state index contributed by atoms with van der Waals surface area (Å²) in [6.45, 7) is 1.34. The molecule has 8 heteroatoms. The highest BCUT2D eigenvalue weighted by Gasteiger charge is 2.07. The van der Waals surface area contributed by atoms with E-state index in [4.69, 9.17) is 0 Å². The summed E-state index contributed by atoms with van der Waals surface area (Å²) in [6.07, 6.45) is 3.29. The molecule has 0 aliphatic carbocycles. The van der Waals surface area contributed by atoms with Crippen LogP contribution in [0, 0.1) is 10.4 Å². The number of amides is 1. The fourth-order valence-electron chi connectivity index (χ4n) is 2.03. The molecule has 0 saturated carbocycles. The van der Waals surface area contributed by atoms with E-state index in [2.05, 4.69) is 5.32 Å². The second kappa shape index (κ2) is 7.57. The molecule has 2 rings (SSSR count). The summed E-state index contributed by atoms with van der Waals surface area (Å²) in [6, 6.07) is 10.5. The van der Waals surface area contributed by atoms with E-state index >= 15 is 0 Å². The van der Waals surface area contributed by atoms with E-state index in [9.17, 15) is 25.6 Å². The first-order valence-corrected chi connectivity index (χ1v) is 6.89. The van der Waals surface area contributed by atoms with Crippen molar-refractivity contribution in [3.63, 3.8) is 0 Å². The van der Waals surface area contributed by atoms with E-state index in [0.29, 0.717) is 16.8 Å². The number of carbonyl (C=O) groups is 1. The van der Waals surface area contributed by atoms with E-state index in [-0.39, 0.29) is 22.5 Å². The zero-order chi connectivity index (χ0) is 17.7. The number of rotatable bonds is 5. The van der Waals surface area contributed by atoms with Crippen molar-refractivity contribution < 1.29 is 15.2 Å². The molecule has 0 bridgehead atoms. The molecule has 0 radical (unpaired) electrons. The molecule has 1 amide bonds. The summed E-state index contributed by atoms with van der Waals surface area (Å²) in [4.78, 5) is 11.1. The van der Waals surface area contributed by atoms with Crippen molar-refractivity contribution in [2.45, 2.75) is 6.92 Å². The Morgan fingerprint density at radius 2 is 1.75 bits per heavy atom. The topological polar surface area (TPSA) is 122 Å². The third-order valence-electron chi connectivity index (χ3n) is 3.13. The van der Waals surface area contributed by atoms with Crippen LogP contribution in [0.3, 0.4) is 0 Å². The summed E-state index contributed by atoms with van der Waals surface area (Å²) < 4.78 is 0. The van der Waals surface area contributed by atoms with E-state index in [1.807, 2.05) is 0 Å². The molecule has 0 spiro atoms. The molecular formula is C16H15N3O5-2. The quantitative estimate of drug-likeness (QED) is 0.568. The molecule has 3 N–H and O–H groups in total. The van der Waals surface area contributed by atoms with Gasteiger partial charge in [-0.05, 0) is 29.8 Å². The fraction of sp³-hybridized carbons (Fsp3) is 0.0625. The minimum atomic E-state index is -0.484. The van der Waals surface area contributed by atoms with Gasteiger partial charge in [0.2, 0.25) is 5.91 Å². The van der Waals surface area contributed by atoms with Gasteiger partial charge >= 0.3 is 0 Å². The lowest BCUT2D eigenvalue weighted by atomic mass is 10.1. The van der Waals surface area contributed by atoms with Crippen LogP contribution in [-0.4, -0.2) is 16.3 Å². The Morgan fingerprint density at radius 1 is 1.08 bits per heavy atom. The molecule has 2 aromatic rings. The molecule has 126 valence electrons. The lowest BCUT2D eigenvalue weighted by Crippen LogP contribution is -2.13. The molecule has 2 aromatic carbocycles. The maximum atomic E-state index is 11.1. The maximum absolute atomic E-state index is 11.1. The van der Waals surface area contributed by atoms with Crippen molar-refractivity contribution in [2.75, 3.05) is 15.8 Å². The van der Waals surface area contributed by atoms with Crippen LogP contribution in [0.4, 0.5) is 17.1 Å². The normalized spacial score (nSPS) is 10.7. The summed E-state index contributed by atoms with van der Waals surface area (Å²) in [5, 5.41) is 41.9. The lowest BCUT2D eigenvalue weighted by molar-refractivity contribution is -0.114. The third kappa shape index (κ3) is 4.54. The molecule has 24 heavy (non-hydrogen) atoms. The Balaban J connectivity index is 2.25. The Bertz CT molecular complexity index is 742. The van der Waals surface area contributed by atoms with Crippen LogP contribution < -0.4 is 15.8 Å². The fourth-order valence-corrected chi connectivity index (χ4v) is 2.03. The monoisotopic (exact) mass is 329 g/mol.